The van der Waals surface area contributed by atoms with Crippen molar-refractivity contribution in [2.75, 3.05) is 18.0 Å². The molecular weight excluding hydrogens is 214 g/mol. The van der Waals surface area contributed by atoms with Gasteiger partial charge in [-0.25, -0.2) is 9.97 Å². The Balaban J connectivity index is 2.24. The molecular formula is C10H14ClN3O. The molecule has 4 nitrogen and oxygen atoms in total. The maximum absolute atomic E-state index is 9.44. The average molecular weight is 228 g/mol. The lowest BCUT2D eigenvalue weighted by atomic mass is 10.3. The second-order valence-electron chi connectivity index (χ2n) is 3.71. The smallest absolute Gasteiger partial charge is 0.134 e. The van der Waals surface area contributed by atoms with Gasteiger partial charge in [-0.15, -0.1) is 0 Å². The van der Waals surface area contributed by atoms with Crippen molar-refractivity contribution < 1.29 is 5.11 Å². The van der Waals surface area contributed by atoms with Crippen molar-refractivity contribution in [3.05, 3.63) is 17.0 Å². The first-order valence-electron chi connectivity index (χ1n) is 5.15. The number of aliphatic hydroxyl groups is 1. The molecule has 1 unspecified atom stereocenters. The Morgan fingerprint density at radius 2 is 2.40 bits per heavy atom. The highest BCUT2D eigenvalue weighted by Gasteiger charge is 2.21. The number of anilines is 1. The SMILES string of the molecule is CCc1nc(Cl)cc(N2CCC(O)C2)n1. The number of halogens is 1. The molecule has 1 fully saturated rings. The fourth-order valence-electron chi connectivity index (χ4n) is 1.72. The molecule has 0 saturated carbocycles. The summed E-state index contributed by atoms with van der Waals surface area (Å²) in [6.45, 7) is 3.46. The van der Waals surface area contributed by atoms with E-state index in [2.05, 4.69) is 9.97 Å². The van der Waals surface area contributed by atoms with E-state index >= 15 is 0 Å². The molecule has 1 atom stereocenters. The summed E-state index contributed by atoms with van der Waals surface area (Å²) in [5, 5.41) is 9.91. The molecule has 15 heavy (non-hydrogen) atoms. The van der Waals surface area contributed by atoms with Crippen LogP contribution in [0.25, 0.3) is 0 Å². The van der Waals surface area contributed by atoms with Crippen molar-refractivity contribution in [3.8, 4) is 0 Å². The van der Waals surface area contributed by atoms with Crippen LogP contribution in [0.1, 0.15) is 19.2 Å². The fraction of sp³-hybridized carbons (Fsp3) is 0.600. The summed E-state index contributed by atoms with van der Waals surface area (Å²) in [5.41, 5.74) is 0. The number of nitrogens with zero attached hydrogens (tertiary/aromatic N) is 3. The van der Waals surface area contributed by atoms with Gasteiger partial charge in [0.1, 0.15) is 16.8 Å². The highest BCUT2D eigenvalue weighted by molar-refractivity contribution is 6.29. The highest BCUT2D eigenvalue weighted by Crippen LogP contribution is 2.20. The summed E-state index contributed by atoms with van der Waals surface area (Å²) in [6.07, 6.45) is 1.32. The van der Waals surface area contributed by atoms with Crippen LogP contribution in [0, 0.1) is 0 Å². The largest absolute Gasteiger partial charge is 0.391 e. The molecule has 5 heteroatoms. The molecule has 1 aliphatic rings. The molecule has 1 aromatic heterocycles. The minimum atomic E-state index is -0.246. The van der Waals surface area contributed by atoms with Crippen LogP contribution < -0.4 is 4.90 Å². The van der Waals surface area contributed by atoms with Crippen LogP contribution in [0.5, 0.6) is 0 Å². The molecule has 1 N–H and O–H groups in total. The Morgan fingerprint density at radius 1 is 1.60 bits per heavy atom. The Morgan fingerprint density at radius 3 is 3.00 bits per heavy atom. The van der Waals surface area contributed by atoms with E-state index in [1.807, 2.05) is 11.8 Å². The molecule has 1 aliphatic heterocycles. The summed E-state index contributed by atoms with van der Waals surface area (Å²) in [5.74, 6) is 1.57. The summed E-state index contributed by atoms with van der Waals surface area (Å²) < 4.78 is 0. The van der Waals surface area contributed by atoms with Crippen LogP contribution in [0.2, 0.25) is 5.15 Å². The zero-order valence-corrected chi connectivity index (χ0v) is 9.41. The second kappa shape index (κ2) is 4.33. The van der Waals surface area contributed by atoms with Crippen molar-refractivity contribution in [2.24, 2.45) is 0 Å². The van der Waals surface area contributed by atoms with Crippen molar-refractivity contribution >= 4 is 17.4 Å². The molecule has 0 aromatic carbocycles. The first-order valence-corrected chi connectivity index (χ1v) is 5.53. The number of hydrogen-bond donors (Lipinski definition) is 1. The van der Waals surface area contributed by atoms with Gasteiger partial charge in [-0.2, -0.15) is 0 Å². The third-order valence-electron chi connectivity index (χ3n) is 2.53. The molecule has 0 spiro atoms. The topological polar surface area (TPSA) is 49.2 Å². The maximum atomic E-state index is 9.44. The predicted molar refractivity (Wildman–Crippen MR) is 59.3 cm³/mol. The zero-order valence-electron chi connectivity index (χ0n) is 8.65. The van der Waals surface area contributed by atoms with Crippen molar-refractivity contribution in [1.82, 2.24) is 9.97 Å². The molecule has 2 heterocycles. The van der Waals surface area contributed by atoms with Crippen LogP contribution in [0.4, 0.5) is 5.82 Å². The minimum Gasteiger partial charge on any atom is -0.391 e. The fourth-order valence-corrected chi connectivity index (χ4v) is 1.92. The maximum Gasteiger partial charge on any atom is 0.134 e. The van der Waals surface area contributed by atoms with Gasteiger partial charge in [0.2, 0.25) is 0 Å². The van der Waals surface area contributed by atoms with E-state index in [0.29, 0.717) is 11.7 Å². The summed E-state index contributed by atoms with van der Waals surface area (Å²) in [7, 11) is 0. The number of aromatic nitrogens is 2. The number of aliphatic hydroxyl groups excluding tert-OH is 1. The first kappa shape index (κ1) is 10.6. The summed E-state index contributed by atoms with van der Waals surface area (Å²) in [4.78, 5) is 10.5. The standard InChI is InChI=1S/C10H14ClN3O/c1-2-9-12-8(11)5-10(13-9)14-4-3-7(15)6-14/h5,7,15H,2-4,6H2,1H3. The second-order valence-corrected chi connectivity index (χ2v) is 4.09. The molecule has 1 aromatic rings. The Labute approximate surface area is 93.9 Å². The average Bonchev–Trinajstić information content (AvgIpc) is 2.64. The van der Waals surface area contributed by atoms with Gasteiger partial charge in [0, 0.05) is 25.6 Å². The monoisotopic (exact) mass is 227 g/mol. The van der Waals surface area contributed by atoms with Gasteiger partial charge in [0.15, 0.2) is 0 Å². The Bertz CT molecular complexity index is 359. The van der Waals surface area contributed by atoms with Gasteiger partial charge >= 0.3 is 0 Å². The van der Waals surface area contributed by atoms with E-state index in [0.717, 1.165) is 31.0 Å². The minimum absolute atomic E-state index is 0.246. The van der Waals surface area contributed by atoms with E-state index in [1.165, 1.54) is 0 Å². The van der Waals surface area contributed by atoms with Crippen LogP contribution in [-0.2, 0) is 6.42 Å². The van der Waals surface area contributed by atoms with Crippen molar-refractivity contribution in [2.45, 2.75) is 25.9 Å². The van der Waals surface area contributed by atoms with Crippen LogP contribution in [0.15, 0.2) is 6.07 Å². The number of aryl methyl sites for hydroxylation is 1. The van der Waals surface area contributed by atoms with Gasteiger partial charge in [-0.1, -0.05) is 18.5 Å². The molecule has 2 rings (SSSR count). The quantitative estimate of drug-likeness (QED) is 0.773. The highest BCUT2D eigenvalue weighted by atomic mass is 35.5. The zero-order chi connectivity index (χ0) is 10.8. The lowest BCUT2D eigenvalue weighted by Gasteiger charge is -2.17. The van der Waals surface area contributed by atoms with Gasteiger partial charge in [-0.05, 0) is 6.42 Å². The van der Waals surface area contributed by atoms with Crippen LogP contribution >= 0.6 is 11.6 Å². The van der Waals surface area contributed by atoms with Crippen LogP contribution in [0.3, 0.4) is 0 Å². The van der Waals surface area contributed by atoms with E-state index in [9.17, 15) is 5.11 Å². The first-order chi connectivity index (χ1) is 7.19. The predicted octanol–water partition coefficient (Wildman–Crippen LogP) is 1.26. The van der Waals surface area contributed by atoms with E-state index in [-0.39, 0.29) is 6.10 Å². The van der Waals surface area contributed by atoms with Gasteiger partial charge in [-0.3, -0.25) is 0 Å². The Hall–Kier alpha value is -0.870. The van der Waals surface area contributed by atoms with Crippen LogP contribution in [-0.4, -0.2) is 34.3 Å². The van der Waals surface area contributed by atoms with Gasteiger partial charge < -0.3 is 10.0 Å². The number of β-amino-alcohol motifs (C(OH)–C–C–N with tert-alkyl or cyclic N) is 1. The lowest BCUT2D eigenvalue weighted by molar-refractivity contribution is 0.198. The van der Waals surface area contributed by atoms with Crippen molar-refractivity contribution in [3.63, 3.8) is 0 Å². The molecule has 82 valence electrons. The van der Waals surface area contributed by atoms with E-state index in [1.54, 1.807) is 6.07 Å². The molecule has 0 radical (unpaired) electrons. The molecule has 1 saturated heterocycles. The van der Waals surface area contributed by atoms with E-state index < -0.39 is 0 Å². The number of hydrogen-bond acceptors (Lipinski definition) is 4. The van der Waals surface area contributed by atoms with Gasteiger partial charge in [0.25, 0.3) is 0 Å². The van der Waals surface area contributed by atoms with Crippen molar-refractivity contribution in [1.29, 1.82) is 0 Å². The number of rotatable bonds is 2. The van der Waals surface area contributed by atoms with Gasteiger partial charge in [0.05, 0.1) is 6.10 Å². The summed E-state index contributed by atoms with van der Waals surface area (Å²) >= 11 is 5.90. The summed E-state index contributed by atoms with van der Waals surface area (Å²) in [6, 6.07) is 1.75. The molecule has 0 aliphatic carbocycles. The normalized spacial score (nSPS) is 21.0. The Kier molecular flexibility index (Phi) is 3.07. The molecule has 0 bridgehead atoms. The molecule has 0 amide bonds. The lowest BCUT2D eigenvalue weighted by Crippen LogP contribution is -2.22. The third kappa shape index (κ3) is 2.38. The third-order valence-corrected chi connectivity index (χ3v) is 2.72. The van der Waals surface area contributed by atoms with E-state index in [4.69, 9.17) is 11.6 Å².